The highest BCUT2D eigenvalue weighted by atomic mass is 35.5. The Hall–Kier alpha value is -1.87. The highest BCUT2D eigenvalue weighted by Crippen LogP contribution is 2.31. The van der Waals surface area contributed by atoms with Crippen molar-refractivity contribution in [1.82, 2.24) is 14.8 Å². The van der Waals surface area contributed by atoms with Gasteiger partial charge in [-0.05, 0) is 49.4 Å². The Kier molecular flexibility index (Phi) is 6.54. The van der Waals surface area contributed by atoms with E-state index in [9.17, 15) is 4.79 Å². The highest BCUT2D eigenvalue weighted by Gasteiger charge is 2.25. The average molecular weight is 449 g/mol. The van der Waals surface area contributed by atoms with E-state index in [4.69, 9.17) is 16.3 Å². The van der Waals surface area contributed by atoms with Gasteiger partial charge in [0.1, 0.15) is 0 Å². The fourth-order valence-corrected chi connectivity index (χ4v) is 4.91. The molecule has 0 saturated carbocycles. The standard InChI is InChI=1S/C20H21ClN4O2S2/c1-13(19(26)22-15-6-2-5-14(21)11-15)29-20-24-23-18(17-8-4-10-28-17)25(20)12-16-7-3-9-27-16/h2,4-6,8,10-11,13,16H,3,7,9,12H2,1H3,(H,22,26)/t13-,16+/m1/s1. The summed E-state index contributed by atoms with van der Waals surface area (Å²) in [4.78, 5) is 13.7. The molecular formula is C20H21ClN4O2S2. The second kappa shape index (κ2) is 9.30. The zero-order chi connectivity index (χ0) is 20.2. The molecule has 1 fully saturated rings. The number of hydrogen-bond donors (Lipinski definition) is 1. The van der Waals surface area contributed by atoms with Crippen LogP contribution in [0.25, 0.3) is 10.7 Å². The summed E-state index contributed by atoms with van der Waals surface area (Å²) < 4.78 is 7.90. The largest absolute Gasteiger partial charge is 0.376 e. The zero-order valence-electron chi connectivity index (χ0n) is 15.9. The summed E-state index contributed by atoms with van der Waals surface area (Å²) in [5.74, 6) is 0.710. The van der Waals surface area contributed by atoms with Crippen LogP contribution >= 0.6 is 34.7 Å². The number of carbonyl (C=O) groups excluding carboxylic acids is 1. The third-order valence-electron chi connectivity index (χ3n) is 4.61. The maximum atomic E-state index is 12.7. The molecule has 0 spiro atoms. The molecule has 9 heteroatoms. The third-order valence-corrected chi connectivity index (χ3v) is 6.79. The van der Waals surface area contributed by atoms with Crippen LogP contribution in [0, 0.1) is 0 Å². The molecule has 2 atom stereocenters. The number of aromatic nitrogens is 3. The Morgan fingerprint density at radius 1 is 1.41 bits per heavy atom. The topological polar surface area (TPSA) is 69.0 Å². The number of rotatable bonds is 7. The van der Waals surface area contributed by atoms with E-state index in [0.29, 0.717) is 17.3 Å². The summed E-state index contributed by atoms with van der Waals surface area (Å²) in [5.41, 5.74) is 0.676. The smallest absolute Gasteiger partial charge is 0.237 e. The van der Waals surface area contributed by atoms with Crippen LogP contribution in [0.5, 0.6) is 0 Å². The highest BCUT2D eigenvalue weighted by molar-refractivity contribution is 8.00. The summed E-state index contributed by atoms with van der Waals surface area (Å²) in [6.07, 6.45) is 2.25. The number of carbonyl (C=O) groups is 1. The van der Waals surface area contributed by atoms with Crippen LogP contribution < -0.4 is 5.32 Å². The normalized spacial score (nSPS) is 17.4. The van der Waals surface area contributed by atoms with Gasteiger partial charge >= 0.3 is 0 Å². The molecule has 152 valence electrons. The van der Waals surface area contributed by atoms with Crippen molar-refractivity contribution in [2.45, 2.75) is 42.8 Å². The molecule has 1 N–H and O–H groups in total. The average Bonchev–Trinajstić information content (AvgIpc) is 3.45. The quantitative estimate of drug-likeness (QED) is 0.517. The number of hydrogen-bond acceptors (Lipinski definition) is 6. The van der Waals surface area contributed by atoms with Gasteiger partial charge in [0, 0.05) is 17.3 Å². The molecule has 0 radical (unpaired) electrons. The minimum atomic E-state index is -0.349. The molecule has 4 rings (SSSR count). The maximum Gasteiger partial charge on any atom is 0.237 e. The van der Waals surface area contributed by atoms with Crippen molar-refractivity contribution in [3.05, 3.63) is 46.8 Å². The Bertz CT molecular complexity index is 971. The van der Waals surface area contributed by atoms with Crippen LogP contribution in [0.3, 0.4) is 0 Å². The van der Waals surface area contributed by atoms with E-state index >= 15 is 0 Å². The number of anilines is 1. The van der Waals surface area contributed by atoms with Gasteiger partial charge in [0.25, 0.3) is 0 Å². The summed E-state index contributed by atoms with van der Waals surface area (Å²) >= 11 is 9.02. The van der Waals surface area contributed by atoms with Crippen LogP contribution in [-0.2, 0) is 16.1 Å². The molecular weight excluding hydrogens is 428 g/mol. The SMILES string of the molecule is C[C@@H](Sc1nnc(-c2cccs2)n1C[C@@H]1CCCO1)C(=O)Nc1cccc(Cl)c1. The number of thioether (sulfide) groups is 1. The molecule has 1 aromatic carbocycles. The lowest BCUT2D eigenvalue weighted by molar-refractivity contribution is -0.115. The molecule has 29 heavy (non-hydrogen) atoms. The zero-order valence-corrected chi connectivity index (χ0v) is 18.3. The molecule has 1 aliphatic heterocycles. The molecule has 1 aliphatic rings. The first-order chi connectivity index (χ1) is 14.1. The van der Waals surface area contributed by atoms with Gasteiger partial charge in [0.05, 0.1) is 22.8 Å². The van der Waals surface area contributed by atoms with Crippen LogP contribution in [0.1, 0.15) is 19.8 Å². The number of nitrogens with one attached hydrogen (secondary N) is 1. The second-order valence-electron chi connectivity index (χ2n) is 6.79. The first-order valence-electron chi connectivity index (χ1n) is 9.42. The molecule has 6 nitrogen and oxygen atoms in total. The lowest BCUT2D eigenvalue weighted by atomic mass is 10.2. The molecule has 1 saturated heterocycles. The lowest BCUT2D eigenvalue weighted by Gasteiger charge is -2.16. The van der Waals surface area contributed by atoms with Gasteiger partial charge in [-0.15, -0.1) is 21.5 Å². The van der Waals surface area contributed by atoms with Gasteiger partial charge in [0.15, 0.2) is 11.0 Å². The fraction of sp³-hybridized carbons (Fsp3) is 0.350. The summed E-state index contributed by atoms with van der Waals surface area (Å²) in [7, 11) is 0. The summed E-state index contributed by atoms with van der Waals surface area (Å²) in [6, 6.07) is 11.2. The van der Waals surface area contributed by atoms with E-state index in [2.05, 4.69) is 20.1 Å². The van der Waals surface area contributed by atoms with Gasteiger partial charge < -0.3 is 10.1 Å². The molecule has 2 aromatic heterocycles. The first kappa shape index (κ1) is 20.4. The molecule has 3 heterocycles. The molecule has 0 bridgehead atoms. The van der Waals surface area contributed by atoms with Crippen LogP contribution in [-0.4, -0.2) is 38.6 Å². The Morgan fingerprint density at radius 3 is 3.03 bits per heavy atom. The number of amides is 1. The van der Waals surface area contributed by atoms with E-state index in [0.717, 1.165) is 35.3 Å². The number of nitrogens with zero attached hydrogens (tertiary/aromatic N) is 3. The predicted octanol–water partition coefficient (Wildman–Crippen LogP) is 4.96. The van der Waals surface area contributed by atoms with Crippen molar-refractivity contribution in [2.24, 2.45) is 0 Å². The van der Waals surface area contributed by atoms with Gasteiger partial charge in [-0.1, -0.05) is 35.5 Å². The van der Waals surface area contributed by atoms with Crippen molar-refractivity contribution in [2.75, 3.05) is 11.9 Å². The van der Waals surface area contributed by atoms with Crippen molar-refractivity contribution in [3.8, 4) is 10.7 Å². The van der Waals surface area contributed by atoms with Crippen LogP contribution in [0.4, 0.5) is 5.69 Å². The van der Waals surface area contributed by atoms with Crippen molar-refractivity contribution >= 4 is 46.3 Å². The van der Waals surface area contributed by atoms with E-state index in [1.165, 1.54) is 11.8 Å². The van der Waals surface area contributed by atoms with Crippen molar-refractivity contribution in [3.63, 3.8) is 0 Å². The van der Waals surface area contributed by atoms with Crippen LogP contribution in [0.15, 0.2) is 46.9 Å². The third kappa shape index (κ3) is 5.01. The Balaban J connectivity index is 1.51. The van der Waals surface area contributed by atoms with Crippen molar-refractivity contribution < 1.29 is 9.53 Å². The summed E-state index contributed by atoms with van der Waals surface area (Å²) in [5, 5.41) is 14.7. The first-order valence-corrected chi connectivity index (χ1v) is 11.6. The molecule has 0 aliphatic carbocycles. The lowest BCUT2D eigenvalue weighted by Crippen LogP contribution is -2.23. The van der Waals surface area contributed by atoms with E-state index < -0.39 is 0 Å². The van der Waals surface area contributed by atoms with Crippen molar-refractivity contribution in [1.29, 1.82) is 0 Å². The van der Waals surface area contributed by atoms with Crippen LogP contribution in [0.2, 0.25) is 5.02 Å². The number of thiophene rings is 1. The van der Waals surface area contributed by atoms with E-state index in [1.807, 2.05) is 30.5 Å². The fourth-order valence-electron chi connectivity index (χ4n) is 3.14. The number of halogens is 1. The predicted molar refractivity (Wildman–Crippen MR) is 118 cm³/mol. The van der Waals surface area contributed by atoms with E-state index in [1.54, 1.807) is 29.5 Å². The van der Waals surface area contributed by atoms with Gasteiger partial charge in [-0.25, -0.2) is 0 Å². The van der Waals surface area contributed by atoms with Gasteiger partial charge in [-0.2, -0.15) is 0 Å². The minimum absolute atomic E-state index is 0.110. The van der Waals surface area contributed by atoms with E-state index in [-0.39, 0.29) is 17.3 Å². The number of ether oxygens (including phenoxy) is 1. The minimum Gasteiger partial charge on any atom is -0.376 e. The second-order valence-corrected chi connectivity index (χ2v) is 9.48. The molecule has 0 unspecified atom stereocenters. The monoisotopic (exact) mass is 448 g/mol. The molecule has 3 aromatic rings. The van der Waals surface area contributed by atoms with Gasteiger partial charge in [-0.3, -0.25) is 9.36 Å². The van der Waals surface area contributed by atoms with Gasteiger partial charge in [0.2, 0.25) is 5.91 Å². The Morgan fingerprint density at radius 2 is 2.31 bits per heavy atom. The summed E-state index contributed by atoms with van der Waals surface area (Å²) in [6.45, 7) is 3.34. The Labute approximate surface area is 182 Å². The maximum absolute atomic E-state index is 12.7. The number of benzene rings is 1. The molecule has 1 amide bonds.